The van der Waals surface area contributed by atoms with E-state index in [0.717, 1.165) is 0 Å². The first-order chi connectivity index (χ1) is 12.6. The molecular formula is C12H25O15P. The van der Waals surface area contributed by atoms with Crippen molar-refractivity contribution >= 4 is 7.82 Å². The highest BCUT2D eigenvalue weighted by Crippen LogP contribution is 2.41. The van der Waals surface area contributed by atoms with Gasteiger partial charge in [0.1, 0.15) is 73.2 Å². The van der Waals surface area contributed by atoms with E-state index in [1.54, 1.807) is 0 Å². The van der Waals surface area contributed by atoms with E-state index in [1.165, 1.54) is 0 Å². The van der Waals surface area contributed by atoms with E-state index in [-0.39, 0.29) is 0 Å². The Labute approximate surface area is 157 Å². The van der Waals surface area contributed by atoms with Crippen LogP contribution in [0.25, 0.3) is 0 Å². The molecule has 0 bridgehead atoms. The standard InChI is InChI=1S/C6H13O9P.C6H12O6/c7-1-2(8)4(10)6(5(11)3(1)9)15-16(12,13)14;7-1-2(8)4(10)6(12)5(11)3(1)9/h1-11H,(H2,12,13,14);1-12H. The lowest BCUT2D eigenvalue weighted by atomic mass is 9.85. The summed E-state index contributed by atoms with van der Waals surface area (Å²) in [5, 5.41) is 100.0. The maximum absolute atomic E-state index is 10.5. The SMILES string of the molecule is O=P(O)(O)OC1C(O)C(O)C(O)C(O)C1O.OC1C(O)C(O)C(O)C(O)C1O. The Morgan fingerprint density at radius 3 is 0.786 bits per heavy atom. The Balaban J connectivity index is 0.000000292. The second-order valence-corrected chi connectivity index (χ2v) is 7.65. The molecule has 0 spiro atoms. The van der Waals surface area contributed by atoms with Crippen molar-refractivity contribution in [3.05, 3.63) is 0 Å². The van der Waals surface area contributed by atoms with Gasteiger partial charge in [-0.05, 0) is 0 Å². The summed E-state index contributed by atoms with van der Waals surface area (Å²) in [5.41, 5.74) is 0. The fraction of sp³-hybridized carbons (Fsp3) is 1.00. The summed E-state index contributed by atoms with van der Waals surface area (Å²) in [4.78, 5) is 17.0. The first-order valence-corrected chi connectivity index (χ1v) is 9.37. The molecule has 2 aliphatic carbocycles. The molecule has 2 aliphatic rings. The zero-order chi connectivity index (χ0) is 22.1. The Kier molecular flexibility index (Phi) is 8.86. The summed E-state index contributed by atoms with van der Waals surface area (Å²) >= 11 is 0. The van der Waals surface area contributed by atoms with Gasteiger partial charge >= 0.3 is 7.82 Å². The molecule has 4 unspecified atom stereocenters. The van der Waals surface area contributed by atoms with Crippen LogP contribution >= 0.6 is 7.82 Å². The summed E-state index contributed by atoms with van der Waals surface area (Å²) in [6, 6.07) is 0. The Bertz CT molecular complexity index is 469. The molecule has 4 atom stereocenters. The highest BCUT2D eigenvalue weighted by atomic mass is 31.2. The zero-order valence-corrected chi connectivity index (χ0v) is 14.9. The number of aliphatic hydroxyl groups excluding tert-OH is 11. The molecule has 0 amide bonds. The van der Waals surface area contributed by atoms with E-state index < -0.39 is 81.1 Å². The van der Waals surface area contributed by atoms with Crippen LogP contribution < -0.4 is 0 Å². The van der Waals surface area contributed by atoms with E-state index in [0.29, 0.717) is 0 Å². The lowest BCUT2D eigenvalue weighted by Gasteiger charge is -2.41. The van der Waals surface area contributed by atoms with Gasteiger partial charge < -0.3 is 66.0 Å². The van der Waals surface area contributed by atoms with Crippen molar-refractivity contribution in [2.75, 3.05) is 0 Å². The first-order valence-electron chi connectivity index (χ1n) is 7.84. The van der Waals surface area contributed by atoms with Crippen molar-refractivity contribution in [1.29, 1.82) is 0 Å². The van der Waals surface area contributed by atoms with Gasteiger partial charge in [-0.15, -0.1) is 0 Å². The van der Waals surface area contributed by atoms with Gasteiger partial charge in [-0.3, -0.25) is 4.52 Å². The lowest BCUT2D eigenvalue weighted by molar-refractivity contribution is -0.223. The number of aliphatic hydroxyl groups is 11. The van der Waals surface area contributed by atoms with Crippen LogP contribution in [0.3, 0.4) is 0 Å². The third kappa shape index (κ3) is 5.63. The first kappa shape index (κ1) is 25.7. The number of phosphoric ester groups is 1. The summed E-state index contributed by atoms with van der Waals surface area (Å²) in [6.45, 7) is 0. The minimum Gasteiger partial charge on any atom is -0.387 e. The van der Waals surface area contributed by atoms with Crippen LogP contribution in [0.15, 0.2) is 0 Å². The second-order valence-electron chi connectivity index (χ2n) is 6.46. The molecule has 2 saturated carbocycles. The Hall–Kier alpha value is -0.330. The van der Waals surface area contributed by atoms with Crippen LogP contribution in [0.4, 0.5) is 0 Å². The van der Waals surface area contributed by atoms with Crippen LogP contribution in [0.1, 0.15) is 0 Å². The summed E-state index contributed by atoms with van der Waals surface area (Å²) in [5.74, 6) is 0. The van der Waals surface area contributed by atoms with E-state index in [2.05, 4.69) is 4.52 Å². The molecule has 28 heavy (non-hydrogen) atoms. The molecule has 0 radical (unpaired) electrons. The molecular weight excluding hydrogens is 415 g/mol. The predicted octanol–water partition coefficient (Wildman–Crippen LogP) is -7.55. The monoisotopic (exact) mass is 440 g/mol. The van der Waals surface area contributed by atoms with Crippen LogP contribution in [-0.2, 0) is 9.09 Å². The number of hydrogen-bond acceptors (Lipinski definition) is 13. The molecule has 13 N–H and O–H groups in total. The number of phosphoric acid groups is 1. The highest BCUT2D eigenvalue weighted by molar-refractivity contribution is 7.46. The van der Waals surface area contributed by atoms with E-state index in [9.17, 15) is 25.0 Å². The largest absolute Gasteiger partial charge is 0.470 e. The van der Waals surface area contributed by atoms with Crippen LogP contribution in [0.2, 0.25) is 0 Å². The van der Waals surface area contributed by atoms with Gasteiger partial charge in [-0.2, -0.15) is 0 Å². The van der Waals surface area contributed by atoms with Gasteiger partial charge in [0.05, 0.1) is 0 Å². The van der Waals surface area contributed by atoms with Gasteiger partial charge in [0.2, 0.25) is 0 Å². The Morgan fingerprint density at radius 1 is 0.429 bits per heavy atom. The van der Waals surface area contributed by atoms with Crippen molar-refractivity contribution < 1.29 is 75.0 Å². The van der Waals surface area contributed by atoms with Crippen molar-refractivity contribution in [2.24, 2.45) is 0 Å². The van der Waals surface area contributed by atoms with Crippen LogP contribution in [0, 0.1) is 0 Å². The van der Waals surface area contributed by atoms with Crippen molar-refractivity contribution in [3.8, 4) is 0 Å². The normalized spacial score (nSPS) is 49.9. The minimum absolute atomic E-state index is 1.64. The third-order valence-corrected chi connectivity index (χ3v) is 4.95. The molecule has 0 aromatic rings. The lowest BCUT2D eigenvalue weighted by Crippen LogP contribution is -2.64. The second kappa shape index (κ2) is 9.65. The fourth-order valence-corrected chi connectivity index (χ4v) is 3.26. The molecule has 2 rings (SSSR count). The Morgan fingerprint density at radius 2 is 0.607 bits per heavy atom. The van der Waals surface area contributed by atoms with Crippen molar-refractivity contribution in [3.63, 3.8) is 0 Å². The topological polar surface area (TPSA) is 289 Å². The summed E-state index contributed by atoms with van der Waals surface area (Å²) < 4.78 is 14.5. The quantitative estimate of drug-likeness (QED) is 0.177. The van der Waals surface area contributed by atoms with E-state index in [1.807, 2.05) is 0 Å². The van der Waals surface area contributed by atoms with Crippen molar-refractivity contribution in [2.45, 2.75) is 73.2 Å². The molecule has 16 heteroatoms. The van der Waals surface area contributed by atoms with Crippen LogP contribution in [-0.4, -0.2) is 139 Å². The minimum atomic E-state index is -5.01. The van der Waals surface area contributed by atoms with Gasteiger partial charge in [0.25, 0.3) is 0 Å². The van der Waals surface area contributed by atoms with Gasteiger partial charge in [-0.25, -0.2) is 4.57 Å². The molecule has 15 nitrogen and oxygen atoms in total. The van der Waals surface area contributed by atoms with Crippen molar-refractivity contribution in [1.82, 2.24) is 0 Å². The third-order valence-electron chi connectivity index (χ3n) is 4.43. The van der Waals surface area contributed by atoms with Crippen LogP contribution in [0.5, 0.6) is 0 Å². The van der Waals surface area contributed by atoms with E-state index in [4.69, 9.17) is 45.5 Å². The molecule has 2 fully saturated rings. The van der Waals surface area contributed by atoms with Gasteiger partial charge in [-0.1, -0.05) is 0 Å². The number of hydrogen-bond donors (Lipinski definition) is 13. The van der Waals surface area contributed by atoms with E-state index >= 15 is 0 Å². The summed E-state index contributed by atoms with van der Waals surface area (Å²) in [6.07, 6.45) is -21.2. The molecule has 168 valence electrons. The number of rotatable bonds is 2. The van der Waals surface area contributed by atoms with Gasteiger partial charge in [0, 0.05) is 0 Å². The molecule has 0 aliphatic heterocycles. The fourth-order valence-electron chi connectivity index (χ4n) is 2.69. The molecule has 0 saturated heterocycles. The zero-order valence-electron chi connectivity index (χ0n) is 14.0. The average Bonchev–Trinajstić information content (AvgIpc) is 2.63. The smallest absolute Gasteiger partial charge is 0.387 e. The molecule has 0 aromatic heterocycles. The van der Waals surface area contributed by atoms with Gasteiger partial charge in [0.15, 0.2) is 0 Å². The molecule has 0 aromatic carbocycles. The summed E-state index contributed by atoms with van der Waals surface area (Å²) in [7, 11) is -5.01. The average molecular weight is 440 g/mol. The molecule has 0 heterocycles. The maximum Gasteiger partial charge on any atom is 0.470 e. The predicted molar refractivity (Wildman–Crippen MR) is 83.0 cm³/mol. The highest BCUT2D eigenvalue weighted by Gasteiger charge is 2.51. The maximum atomic E-state index is 10.5.